The Morgan fingerprint density at radius 2 is 1.81 bits per heavy atom. The van der Waals surface area contributed by atoms with Gasteiger partial charge in [-0.05, 0) is 55.9 Å². The van der Waals surface area contributed by atoms with Crippen LogP contribution in [-0.4, -0.2) is 67.9 Å². The molecule has 166 valence electrons. The van der Waals surface area contributed by atoms with E-state index in [4.69, 9.17) is 4.74 Å². The largest absolute Gasteiger partial charge is 0.465 e. The summed E-state index contributed by atoms with van der Waals surface area (Å²) >= 11 is 0. The SMILES string of the molecule is COC(=O)c1ccc(N2C(=O)C[C@H]([NH+]3CCC(CCN4CCCC4=O)CC3)C2=O)cc1. The number of hydrogen-bond donors (Lipinski definition) is 1. The standard InChI is InChI=1S/C23H29N3O5/c1-31-23(30)17-4-6-18(7-5-17)26-21(28)15-19(22(26)29)24-12-8-16(9-13-24)10-14-25-11-2-3-20(25)27/h4-7,16,19H,2-3,8-15H2,1H3/p+1/t19-/m0/s1. The molecule has 3 aliphatic heterocycles. The van der Waals surface area contributed by atoms with E-state index in [-0.39, 0.29) is 30.2 Å². The van der Waals surface area contributed by atoms with Crippen molar-refractivity contribution < 1.29 is 28.8 Å². The number of nitrogens with one attached hydrogen (secondary N) is 1. The average Bonchev–Trinajstić information content (AvgIpc) is 3.34. The highest BCUT2D eigenvalue weighted by Crippen LogP contribution is 2.24. The number of amides is 3. The molecule has 3 heterocycles. The highest BCUT2D eigenvalue weighted by molar-refractivity contribution is 6.22. The van der Waals surface area contributed by atoms with Gasteiger partial charge in [-0.2, -0.15) is 0 Å². The number of carbonyl (C=O) groups excluding carboxylic acids is 4. The molecule has 4 rings (SSSR count). The van der Waals surface area contributed by atoms with Gasteiger partial charge in [-0.3, -0.25) is 14.4 Å². The molecular formula is C23H30N3O5+. The molecule has 3 fully saturated rings. The van der Waals surface area contributed by atoms with Crippen LogP contribution in [0.1, 0.15) is 48.9 Å². The van der Waals surface area contributed by atoms with E-state index >= 15 is 0 Å². The lowest BCUT2D eigenvalue weighted by molar-refractivity contribution is -0.920. The fourth-order valence-electron chi connectivity index (χ4n) is 5.05. The van der Waals surface area contributed by atoms with Crippen molar-refractivity contribution >= 4 is 29.4 Å². The van der Waals surface area contributed by atoms with Crippen LogP contribution in [0, 0.1) is 5.92 Å². The number of imide groups is 1. The smallest absolute Gasteiger partial charge is 0.337 e. The third kappa shape index (κ3) is 4.49. The maximum atomic E-state index is 13.1. The van der Waals surface area contributed by atoms with E-state index in [0.29, 0.717) is 23.6 Å². The summed E-state index contributed by atoms with van der Waals surface area (Å²) in [7, 11) is 1.31. The lowest BCUT2D eigenvalue weighted by Crippen LogP contribution is -3.17. The first-order valence-electron chi connectivity index (χ1n) is 11.2. The Morgan fingerprint density at radius 1 is 1.10 bits per heavy atom. The first-order chi connectivity index (χ1) is 15.0. The fourth-order valence-corrected chi connectivity index (χ4v) is 5.05. The van der Waals surface area contributed by atoms with Gasteiger partial charge in [0.1, 0.15) is 0 Å². The highest BCUT2D eigenvalue weighted by Gasteiger charge is 2.46. The molecule has 1 atom stereocenters. The molecule has 3 aliphatic rings. The molecule has 1 aromatic rings. The number of ether oxygens (including phenoxy) is 1. The summed E-state index contributed by atoms with van der Waals surface area (Å²) in [6.07, 6.45) is 4.94. The first-order valence-corrected chi connectivity index (χ1v) is 11.2. The molecule has 31 heavy (non-hydrogen) atoms. The van der Waals surface area contributed by atoms with Gasteiger partial charge >= 0.3 is 5.97 Å². The Balaban J connectivity index is 1.32. The number of esters is 1. The molecule has 0 saturated carbocycles. The van der Waals surface area contributed by atoms with E-state index in [9.17, 15) is 19.2 Å². The van der Waals surface area contributed by atoms with Crippen LogP contribution in [0.3, 0.4) is 0 Å². The summed E-state index contributed by atoms with van der Waals surface area (Å²) < 4.78 is 4.69. The molecule has 1 N–H and O–H groups in total. The Hall–Kier alpha value is -2.74. The molecule has 0 aliphatic carbocycles. The van der Waals surface area contributed by atoms with Gasteiger partial charge in [-0.15, -0.1) is 0 Å². The van der Waals surface area contributed by atoms with Crippen LogP contribution in [0.5, 0.6) is 0 Å². The third-order valence-electron chi connectivity index (χ3n) is 6.91. The zero-order chi connectivity index (χ0) is 22.0. The minimum absolute atomic E-state index is 0.160. The molecule has 8 nitrogen and oxygen atoms in total. The van der Waals surface area contributed by atoms with E-state index in [1.165, 1.54) is 16.9 Å². The molecule has 0 bridgehead atoms. The number of likely N-dealkylation sites (tertiary alicyclic amines) is 2. The molecule has 1 aromatic carbocycles. The quantitative estimate of drug-likeness (QED) is 0.524. The summed E-state index contributed by atoms with van der Waals surface area (Å²) in [5.41, 5.74) is 0.875. The van der Waals surface area contributed by atoms with Crippen molar-refractivity contribution in [1.82, 2.24) is 4.90 Å². The Labute approximate surface area is 182 Å². The zero-order valence-corrected chi connectivity index (χ0v) is 18.0. The van der Waals surface area contributed by atoms with Gasteiger partial charge in [0.15, 0.2) is 6.04 Å². The van der Waals surface area contributed by atoms with Crippen LogP contribution in [0.15, 0.2) is 24.3 Å². The highest BCUT2D eigenvalue weighted by atomic mass is 16.5. The number of rotatable bonds is 6. The summed E-state index contributed by atoms with van der Waals surface area (Å²) in [6.45, 7) is 3.47. The van der Waals surface area contributed by atoms with Crippen LogP contribution in [-0.2, 0) is 19.1 Å². The first kappa shape index (κ1) is 21.5. The monoisotopic (exact) mass is 428 g/mol. The van der Waals surface area contributed by atoms with Gasteiger partial charge < -0.3 is 14.5 Å². The molecule has 0 spiro atoms. The summed E-state index contributed by atoms with van der Waals surface area (Å²) in [5, 5.41) is 0. The van der Waals surface area contributed by atoms with Gasteiger partial charge in [-0.25, -0.2) is 9.69 Å². The van der Waals surface area contributed by atoms with E-state index in [1.54, 1.807) is 24.3 Å². The van der Waals surface area contributed by atoms with Crippen LogP contribution < -0.4 is 9.80 Å². The van der Waals surface area contributed by atoms with Crippen molar-refractivity contribution in [3.63, 3.8) is 0 Å². The van der Waals surface area contributed by atoms with E-state index in [2.05, 4.69) is 0 Å². The lowest BCUT2D eigenvalue weighted by atomic mass is 9.92. The normalized spacial score (nSPS) is 26.6. The number of nitrogens with zero attached hydrogens (tertiary/aromatic N) is 2. The second-order valence-corrected chi connectivity index (χ2v) is 8.74. The molecular weight excluding hydrogens is 398 g/mol. The number of piperidine rings is 1. The Bertz CT molecular complexity index is 860. The predicted octanol–water partition coefficient (Wildman–Crippen LogP) is 0.413. The van der Waals surface area contributed by atoms with Crippen LogP contribution >= 0.6 is 0 Å². The zero-order valence-electron chi connectivity index (χ0n) is 18.0. The maximum Gasteiger partial charge on any atom is 0.337 e. The number of hydrogen-bond acceptors (Lipinski definition) is 5. The van der Waals surface area contributed by atoms with Gasteiger partial charge in [0.05, 0.1) is 37.9 Å². The number of methoxy groups -OCH3 is 1. The van der Waals surface area contributed by atoms with E-state index < -0.39 is 5.97 Å². The third-order valence-corrected chi connectivity index (χ3v) is 6.91. The van der Waals surface area contributed by atoms with Gasteiger partial charge in [0, 0.05) is 19.5 Å². The summed E-state index contributed by atoms with van der Waals surface area (Å²) in [5.74, 6) is 0.0454. The topological polar surface area (TPSA) is 88.4 Å². The van der Waals surface area contributed by atoms with Crippen molar-refractivity contribution in [2.24, 2.45) is 5.92 Å². The molecule has 0 aromatic heterocycles. The summed E-state index contributed by atoms with van der Waals surface area (Å²) in [4.78, 5) is 53.5. The second kappa shape index (κ2) is 9.18. The van der Waals surface area contributed by atoms with Gasteiger partial charge in [0.25, 0.3) is 5.91 Å². The van der Waals surface area contributed by atoms with Crippen molar-refractivity contribution in [2.45, 2.75) is 44.6 Å². The summed E-state index contributed by atoms with van der Waals surface area (Å²) in [6, 6.07) is 6.03. The van der Waals surface area contributed by atoms with E-state index in [1.807, 2.05) is 4.90 Å². The van der Waals surface area contributed by atoms with Crippen LogP contribution in [0.4, 0.5) is 5.69 Å². The fraction of sp³-hybridized carbons (Fsp3) is 0.565. The number of carbonyl (C=O) groups is 4. The number of anilines is 1. The molecule has 8 heteroatoms. The lowest BCUT2D eigenvalue weighted by Gasteiger charge is -2.32. The molecule has 3 amide bonds. The average molecular weight is 429 g/mol. The minimum Gasteiger partial charge on any atom is -0.465 e. The van der Waals surface area contributed by atoms with Crippen molar-refractivity contribution in [2.75, 3.05) is 38.2 Å². The van der Waals surface area contributed by atoms with Crippen LogP contribution in [0.25, 0.3) is 0 Å². The Morgan fingerprint density at radius 3 is 2.42 bits per heavy atom. The van der Waals surface area contributed by atoms with Crippen molar-refractivity contribution in [3.8, 4) is 0 Å². The maximum absolute atomic E-state index is 13.1. The predicted molar refractivity (Wildman–Crippen MR) is 113 cm³/mol. The van der Waals surface area contributed by atoms with Crippen LogP contribution in [0.2, 0.25) is 0 Å². The van der Waals surface area contributed by atoms with Crippen molar-refractivity contribution in [3.05, 3.63) is 29.8 Å². The Kier molecular flexibility index (Phi) is 6.36. The minimum atomic E-state index is -0.454. The molecule has 0 radical (unpaired) electrons. The van der Waals surface area contributed by atoms with Gasteiger partial charge in [-0.1, -0.05) is 0 Å². The second-order valence-electron chi connectivity index (χ2n) is 8.74. The van der Waals surface area contributed by atoms with Crippen molar-refractivity contribution in [1.29, 1.82) is 0 Å². The van der Waals surface area contributed by atoms with E-state index in [0.717, 1.165) is 51.9 Å². The molecule has 3 saturated heterocycles. The molecule has 0 unspecified atom stereocenters. The van der Waals surface area contributed by atoms with Gasteiger partial charge in [0.2, 0.25) is 11.8 Å². The number of quaternary nitrogens is 1. The number of benzene rings is 1.